The highest BCUT2D eigenvalue weighted by Crippen LogP contribution is 2.47. The Labute approximate surface area is 309 Å². The van der Waals surface area contributed by atoms with Crippen LogP contribution in [-0.4, -0.2) is 11.5 Å². The molecule has 8 rings (SSSR count). The molecule has 52 heavy (non-hydrogen) atoms. The lowest BCUT2D eigenvalue weighted by atomic mass is 9.63. The van der Waals surface area contributed by atoms with E-state index in [1.165, 1.54) is 57.0 Å². The maximum absolute atomic E-state index is 5.20. The molecule has 0 saturated heterocycles. The number of amidine groups is 1. The number of benzene rings is 5. The summed E-state index contributed by atoms with van der Waals surface area (Å²) in [5.74, 6) is 1.44. The van der Waals surface area contributed by atoms with E-state index in [4.69, 9.17) is 9.98 Å². The molecule has 2 heteroatoms. The second kappa shape index (κ2) is 14.7. The van der Waals surface area contributed by atoms with Crippen LogP contribution in [0.1, 0.15) is 92.2 Å². The van der Waals surface area contributed by atoms with E-state index in [1.807, 2.05) is 0 Å². The van der Waals surface area contributed by atoms with Crippen molar-refractivity contribution in [1.29, 1.82) is 0 Å². The SMILES string of the molecule is C=C(N=C(N=C(C)c1ccc(C2(c3ccc(-c4ccc5c(c4)C=CCC5)cc3)CCC(C)CC2)cc1)c1ccc2ccccc2c1)C1=CCCC=C1. The van der Waals surface area contributed by atoms with Gasteiger partial charge in [0.25, 0.3) is 0 Å². The van der Waals surface area contributed by atoms with Gasteiger partial charge in [-0.25, -0.2) is 9.98 Å². The van der Waals surface area contributed by atoms with E-state index in [1.54, 1.807) is 0 Å². The van der Waals surface area contributed by atoms with Gasteiger partial charge in [-0.15, -0.1) is 0 Å². The monoisotopic (exact) mass is 676 g/mol. The van der Waals surface area contributed by atoms with E-state index in [0.717, 1.165) is 72.6 Å². The van der Waals surface area contributed by atoms with Crippen LogP contribution in [0.5, 0.6) is 0 Å². The van der Waals surface area contributed by atoms with E-state index in [2.05, 4.69) is 160 Å². The van der Waals surface area contributed by atoms with Crippen molar-refractivity contribution in [3.63, 3.8) is 0 Å². The van der Waals surface area contributed by atoms with Crippen LogP contribution in [0.4, 0.5) is 0 Å². The van der Waals surface area contributed by atoms with Crippen LogP contribution in [0.25, 0.3) is 28.0 Å². The van der Waals surface area contributed by atoms with Gasteiger partial charge in [-0.05, 0) is 132 Å². The maximum atomic E-state index is 5.20. The Morgan fingerprint density at radius 1 is 0.673 bits per heavy atom. The fraction of sp³-hybridized carbons (Fsp3) is 0.240. The number of rotatable bonds is 7. The zero-order chi connectivity index (χ0) is 35.5. The van der Waals surface area contributed by atoms with Gasteiger partial charge in [-0.1, -0.05) is 141 Å². The third kappa shape index (κ3) is 6.95. The van der Waals surface area contributed by atoms with E-state index in [-0.39, 0.29) is 5.41 Å². The maximum Gasteiger partial charge on any atom is 0.160 e. The molecule has 0 aliphatic heterocycles. The second-order valence-electron chi connectivity index (χ2n) is 15.1. The molecule has 0 aromatic heterocycles. The van der Waals surface area contributed by atoms with Crippen LogP contribution in [0.2, 0.25) is 0 Å². The molecule has 0 heterocycles. The normalized spacial score (nSPS) is 20.4. The third-order valence-electron chi connectivity index (χ3n) is 11.6. The number of fused-ring (bicyclic) bond motifs is 2. The second-order valence-corrected chi connectivity index (χ2v) is 15.1. The van der Waals surface area contributed by atoms with Crippen LogP contribution >= 0.6 is 0 Å². The zero-order valence-corrected chi connectivity index (χ0v) is 30.6. The molecule has 1 fully saturated rings. The van der Waals surface area contributed by atoms with Gasteiger partial charge in [0.2, 0.25) is 0 Å². The topological polar surface area (TPSA) is 24.7 Å². The molecule has 5 aromatic carbocycles. The van der Waals surface area contributed by atoms with Crippen molar-refractivity contribution in [2.75, 3.05) is 0 Å². The zero-order valence-electron chi connectivity index (χ0n) is 30.6. The fourth-order valence-corrected chi connectivity index (χ4v) is 8.34. The molecule has 3 aliphatic rings. The van der Waals surface area contributed by atoms with Gasteiger partial charge >= 0.3 is 0 Å². The van der Waals surface area contributed by atoms with Gasteiger partial charge in [-0.2, -0.15) is 0 Å². The average molecular weight is 677 g/mol. The standard InChI is InChI=1S/C50H48N2/c1-35-29-31-50(32-30-35,48-27-23-42(24-28-48)45-19-17-40-13-7-9-15-43(40)33-45)47-25-21-39(22-26-47)37(3)52-49(51-36(2)38-11-5-4-6-12-38)46-20-18-41-14-8-10-16-44(41)34-46/h5,8-12,14-28,33-35H,2,4,6-7,13,29-32H2,1,3H3. The Bertz CT molecular complexity index is 2270. The lowest BCUT2D eigenvalue weighted by Crippen LogP contribution is -2.32. The first-order chi connectivity index (χ1) is 25.4. The van der Waals surface area contributed by atoms with Gasteiger partial charge in [0.1, 0.15) is 0 Å². The van der Waals surface area contributed by atoms with Crippen LogP contribution in [0, 0.1) is 5.92 Å². The van der Waals surface area contributed by atoms with Crippen LogP contribution in [0.15, 0.2) is 161 Å². The number of aliphatic imine (C=N–C) groups is 2. The Balaban J connectivity index is 1.11. The summed E-state index contributed by atoms with van der Waals surface area (Å²) in [6, 6.07) is 40.6. The number of aryl methyl sites for hydroxylation is 1. The molecular weight excluding hydrogens is 629 g/mol. The Hall–Kier alpha value is -5.34. The van der Waals surface area contributed by atoms with E-state index < -0.39 is 0 Å². The Morgan fingerprint density at radius 3 is 2.12 bits per heavy atom. The summed E-state index contributed by atoms with van der Waals surface area (Å²) in [7, 11) is 0. The van der Waals surface area contributed by atoms with E-state index in [9.17, 15) is 0 Å². The smallest absolute Gasteiger partial charge is 0.160 e. The van der Waals surface area contributed by atoms with Gasteiger partial charge in [0, 0.05) is 16.7 Å². The van der Waals surface area contributed by atoms with Crippen LogP contribution in [-0.2, 0) is 11.8 Å². The molecular formula is C50H48N2. The molecule has 0 bridgehead atoms. The number of hydrogen-bond donors (Lipinski definition) is 0. The molecule has 1 saturated carbocycles. The minimum absolute atomic E-state index is 0.00387. The van der Waals surface area contributed by atoms with Crippen molar-refractivity contribution in [2.45, 2.75) is 70.6 Å². The summed E-state index contributed by atoms with van der Waals surface area (Å²) in [5.41, 5.74) is 13.1. The molecule has 258 valence electrons. The van der Waals surface area contributed by atoms with Crippen molar-refractivity contribution in [3.05, 3.63) is 185 Å². The minimum atomic E-state index is 0.00387. The highest BCUT2D eigenvalue weighted by atomic mass is 14.9. The van der Waals surface area contributed by atoms with E-state index in [0.29, 0.717) is 5.84 Å². The number of hydrogen-bond acceptors (Lipinski definition) is 1. The molecule has 0 unspecified atom stereocenters. The molecule has 0 amide bonds. The first-order valence-electron chi connectivity index (χ1n) is 19.2. The molecule has 0 N–H and O–H groups in total. The summed E-state index contributed by atoms with van der Waals surface area (Å²) in [6.07, 6.45) is 20.3. The lowest BCUT2D eigenvalue weighted by Gasteiger charge is -2.41. The fourth-order valence-electron chi connectivity index (χ4n) is 8.34. The number of nitrogens with zero attached hydrogens (tertiary/aromatic N) is 2. The average Bonchev–Trinajstić information content (AvgIpc) is 3.21. The summed E-state index contributed by atoms with van der Waals surface area (Å²) in [4.78, 5) is 10.3. The van der Waals surface area contributed by atoms with Crippen molar-refractivity contribution < 1.29 is 0 Å². The highest BCUT2D eigenvalue weighted by Gasteiger charge is 2.37. The van der Waals surface area contributed by atoms with Gasteiger partial charge in [-0.3, -0.25) is 0 Å². The Kier molecular flexibility index (Phi) is 9.56. The number of allylic oxidation sites excluding steroid dienone is 4. The van der Waals surface area contributed by atoms with Gasteiger partial charge < -0.3 is 0 Å². The molecule has 2 nitrogen and oxygen atoms in total. The highest BCUT2D eigenvalue weighted by molar-refractivity contribution is 6.12. The lowest BCUT2D eigenvalue weighted by molar-refractivity contribution is 0.280. The first kappa shape index (κ1) is 33.8. The van der Waals surface area contributed by atoms with Crippen LogP contribution < -0.4 is 0 Å². The van der Waals surface area contributed by atoms with Crippen molar-refractivity contribution in [1.82, 2.24) is 0 Å². The molecule has 5 aromatic rings. The van der Waals surface area contributed by atoms with Gasteiger partial charge in [0.15, 0.2) is 5.84 Å². The predicted molar refractivity (Wildman–Crippen MR) is 222 cm³/mol. The molecule has 0 atom stereocenters. The van der Waals surface area contributed by atoms with Crippen LogP contribution in [0.3, 0.4) is 0 Å². The van der Waals surface area contributed by atoms with Crippen molar-refractivity contribution in [2.24, 2.45) is 15.9 Å². The molecule has 0 radical (unpaired) electrons. The third-order valence-corrected chi connectivity index (χ3v) is 11.6. The van der Waals surface area contributed by atoms with Crippen molar-refractivity contribution >= 4 is 28.4 Å². The largest absolute Gasteiger partial charge is 0.233 e. The predicted octanol–water partition coefficient (Wildman–Crippen LogP) is 13.0. The summed E-state index contributed by atoms with van der Waals surface area (Å²) < 4.78 is 0. The minimum Gasteiger partial charge on any atom is -0.233 e. The van der Waals surface area contributed by atoms with Gasteiger partial charge in [0.05, 0.1) is 5.70 Å². The first-order valence-corrected chi connectivity index (χ1v) is 19.2. The summed E-state index contributed by atoms with van der Waals surface area (Å²) in [5, 5.41) is 2.38. The quantitative estimate of drug-likeness (QED) is 0.121. The van der Waals surface area contributed by atoms with Crippen molar-refractivity contribution in [3.8, 4) is 11.1 Å². The van der Waals surface area contributed by atoms with E-state index >= 15 is 0 Å². The molecule has 3 aliphatic carbocycles. The molecule has 0 spiro atoms. The summed E-state index contributed by atoms with van der Waals surface area (Å²) >= 11 is 0. The summed E-state index contributed by atoms with van der Waals surface area (Å²) in [6.45, 7) is 8.86. The Morgan fingerprint density at radius 2 is 1.37 bits per heavy atom.